The highest BCUT2D eigenvalue weighted by atomic mass is 35.5. The van der Waals surface area contributed by atoms with E-state index in [1.807, 2.05) is 0 Å². The lowest BCUT2D eigenvalue weighted by Crippen LogP contribution is -2.46. The predicted molar refractivity (Wildman–Crippen MR) is 121 cm³/mol. The van der Waals surface area contributed by atoms with Gasteiger partial charge in [0.25, 0.3) is 5.91 Å². The Morgan fingerprint density at radius 1 is 1.11 bits per heavy atom. The molecule has 4 rings (SSSR count). The van der Waals surface area contributed by atoms with Crippen molar-refractivity contribution in [3.8, 4) is 11.5 Å². The minimum absolute atomic E-state index is 0.0169. The van der Waals surface area contributed by atoms with Crippen molar-refractivity contribution in [2.45, 2.75) is 44.1 Å². The Balaban J connectivity index is 1.22. The van der Waals surface area contributed by atoms with Gasteiger partial charge in [0.05, 0.1) is 11.2 Å². The first kappa shape index (κ1) is 25.8. The van der Waals surface area contributed by atoms with Crippen LogP contribution in [-0.4, -0.2) is 60.0 Å². The Hall–Kier alpha value is -3.28. The van der Waals surface area contributed by atoms with E-state index in [4.69, 9.17) is 16.3 Å². The van der Waals surface area contributed by atoms with Crippen LogP contribution in [-0.2, 0) is 4.79 Å². The molecule has 3 amide bonds. The molecule has 0 atom stereocenters. The largest absolute Gasteiger partial charge is 0.573 e. The van der Waals surface area contributed by atoms with Crippen LogP contribution in [0.25, 0.3) is 0 Å². The average molecular weight is 531 g/mol. The summed E-state index contributed by atoms with van der Waals surface area (Å²) in [4.78, 5) is 32.2. The first-order valence-electron chi connectivity index (χ1n) is 11.3. The molecule has 1 aromatic heterocycles. The van der Waals surface area contributed by atoms with E-state index in [1.54, 1.807) is 4.90 Å². The van der Waals surface area contributed by atoms with Crippen LogP contribution in [0.4, 0.5) is 28.2 Å². The Kier molecular flexibility index (Phi) is 7.72. The van der Waals surface area contributed by atoms with E-state index in [9.17, 15) is 27.2 Å². The fourth-order valence-electron chi connectivity index (χ4n) is 4.35. The summed E-state index contributed by atoms with van der Waals surface area (Å²) in [6.07, 6.45) is -1.20. The number of benzene rings is 1. The highest BCUT2D eigenvalue weighted by Crippen LogP contribution is 2.29. The number of alkyl halides is 3. The van der Waals surface area contributed by atoms with Crippen molar-refractivity contribution in [1.82, 2.24) is 15.2 Å². The van der Waals surface area contributed by atoms with Crippen molar-refractivity contribution >= 4 is 29.4 Å². The molecule has 0 bridgehead atoms. The van der Waals surface area contributed by atoms with Gasteiger partial charge in [-0.15, -0.1) is 13.2 Å². The Morgan fingerprint density at radius 2 is 1.83 bits per heavy atom. The molecule has 1 N–H and O–H groups in total. The smallest absolute Gasteiger partial charge is 0.484 e. The van der Waals surface area contributed by atoms with Gasteiger partial charge in [-0.3, -0.25) is 9.69 Å². The van der Waals surface area contributed by atoms with E-state index < -0.39 is 17.9 Å². The van der Waals surface area contributed by atoms with Gasteiger partial charge in [-0.2, -0.15) is 0 Å². The van der Waals surface area contributed by atoms with E-state index in [0.717, 1.165) is 18.3 Å². The summed E-state index contributed by atoms with van der Waals surface area (Å²) in [5, 5.41) is 2.86. The summed E-state index contributed by atoms with van der Waals surface area (Å²) in [6.45, 7) is 0.569. The van der Waals surface area contributed by atoms with E-state index in [2.05, 4.69) is 15.0 Å². The highest BCUT2D eigenvalue weighted by Gasteiger charge is 2.37. The fraction of sp³-hybridized carbons (Fsp3) is 0.435. The molecule has 0 unspecified atom stereocenters. The fourth-order valence-corrected chi connectivity index (χ4v) is 4.47. The van der Waals surface area contributed by atoms with Crippen molar-refractivity contribution in [2.24, 2.45) is 0 Å². The predicted octanol–water partition coefficient (Wildman–Crippen LogP) is 4.52. The summed E-state index contributed by atoms with van der Waals surface area (Å²) in [6, 6.07) is 6.01. The molecule has 1 saturated carbocycles. The number of nitrogens with one attached hydrogen (secondary N) is 1. The van der Waals surface area contributed by atoms with Gasteiger partial charge < -0.3 is 19.7 Å². The van der Waals surface area contributed by atoms with Crippen LogP contribution < -0.4 is 19.7 Å². The average Bonchev–Trinajstić information content (AvgIpc) is 3.21. The minimum atomic E-state index is -4.81. The molecule has 2 fully saturated rings. The molecule has 8 nitrogen and oxygen atoms in total. The van der Waals surface area contributed by atoms with Crippen molar-refractivity contribution in [3.63, 3.8) is 0 Å². The number of urea groups is 1. The number of carbonyl (C=O) groups excluding carboxylic acids is 2. The lowest BCUT2D eigenvalue weighted by molar-refractivity contribution is -0.274. The molecule has 1 aliphatic carbocycles. The second-order valence-electron chi connectivity index (χ2n) is 8.47. The van der Waals surface area contributed by atoms with Crippen LogP contribution in [0.1, 0.15) is 25.7 Å². The van der Waals surface area contributed by atoms with Crippen LogP contribution in [0.5, 0.6) is 11.5 Å². The number of aromatic nitrogens is 1. The first-order valence-corrected chi connectivity index (χ1v) is 11.6. The number of ether oxygens (including phenoxy) is 2. The van der Waals surface area contributed by atoms with Gasteiger partial charge in [-0.1, -0.05) is 11.6 Å². The molecule has 13 heteroatoms. The summed E-state index contributed by atoms with van der Waals surface area (Å²) >= 11 is 5.63. The highest BCUT2D eigenvalue weighted by molar-refractivity contribution is 6.30. The van der Waals surface area contributed by atoms with Gasteiger partial charge in [-0.05, 0) is 49.9 Å². The topological polar surface area (TPSA) is 84.0 Å². The van der Waals surface area contributed by atoms with Gasteiger partial charge in [0, 0.05) is 31.2 Å². The van der Waals surface area contributed by atoms with Gasteiger partial charge in [-0.25, -0.2) is 14.2 Å². The number of rotatable bonds is 7. The van der Waals surface area contributed by atoms with Crippen molar-refractivity contribution in [3.05, 3.63) is 47.4 Å². The summed E-state index contributed by atoms with van der Waals surface area (Å²) < 4.78 is 59.6. The zero-order chi connectivity index (χ0) is 25.9. The monoisotopic (exact) mass is 530 g/mol. The molecule has 1 aliphatic heterocycles. The van der Waals surface area contributed by atoms with Crippen LogP contribution >= 0.6 is 11.6 Å². The van der Waals surface area contributed by atoms with Gasteiger partial charge >= 0.3 is 12.4 Å². The van der Waals surface area contributed by atoms with E-state index in [-0.39, 0.29) is 47.2 Å². The molecule has 194 valence electrons. The lowest BCUT2D eigenvalue weighted by atomic mass is 9.90. The standard InChI is InChI=1S/C23H23ClF4N4O4/c24-18-7-5-16(11-19(18)25)35-13-21(33)30-14-1-3-15(4-2-14)31-9-10-32(22(31)34)20-8-6-17(12-29-20)36-23(26,27)28/h5-8,11-12,14-15H,1-4,9-10,13H2,(H,30,33). The molecule has 1 saturated heterocycles. The summed E-state index contributed by atoms with van der Waals surface area (Å²) in [7, 11) is 0. The summed E-state index contributed by atoms with van der Waals surface area (Å²) in [5.74, 6) is -0.975. The third-order valence-electron chi connectivity index (χ3n) is 6.04. The molecule has 0 radical (unpaired) electrons. The Labute approximate surface area is 209 Å². The van der Waals surface area contributed by atoms with Crippen molar-refractivity contribution < 1.29 is 36.6 Å². The molecular weight excluding hydrogens is 508 g/mol. The number of carbonyl (C=O) groups is 2. The Bertz CT molecular complexity index is 1090. The van der Waals surface area contributed by atoms with Crippen LogP contribution in [0, 0.1) is 5.82 Å². The second kappa shape index (κ2) is 10.8. The molecule has 2 aliphatic rings. The SMILES string of the molecule is O=C(COc1ccc(Cl)c(F)c1)NC1CCC(N2CCN(c3ccc(OC(F)(F)F)cn3)C2=O)CC1. The number of amides is 3. The van der Waals surface area contributed by atoms with Crippen LogP contribution in [0.3, 0.4) is 0 Å². The maximum Gasteiger partial charge on any atom is 0.573 e. The van der Waals surface area contributed by atoms with Crippen LogP contribution in [0.2, 0.25) is 5.02 Å². The lowest BCUT2D eigenvalue weighted by Gasteiger charge is -2.34. The van der Waals surface area contributed by atoms with E-state index >= 15 is 0 Å². The zero-order valence-electron chi connectivity index (χ0n) is 18.9. The quantitative estimate of drug-likeness (QED) is 0.532. The van der Waals surface area contributed by atoms with E-state index in [0.29, 0.717) is 38.8 Å². The third-order valence-corrected chi connectivity index (χ3v) is 6.34. The van der Waals surface area contributed by atoms with E-state index in [1.165, 1.54) is 23.1 Å². The number of nitrogens with zero attached hydrogens (tertiary/aromatic N) is 3. The van der Waals surface area contributed by atoms with Crippen molar-refractivity contribution in [2.75, 3.05) is 24.6 Å². The molecule has 1 aromatic carbocycles. The number of halogens is 5. The van der Waals surface area contributed by atoms with Gasteiger partial charge in [0.1, 0.15) is 23.1 Å². The molecule has 2 aromatic rings. The maximum atomic E-state index is 13.5. The Morgan fingerprint density at radius 3 is 2.47 bits per heavy atom. The number of anilines is 1. The normalized spacial score (nSPS) is 20.4. The molecule has 0 spiro atoms. The third kappa shape index (κ3) is 6.48. The molecular formula is C23H23ClF4N4O4. The second-order valence-corrected chi connectivity index (χ2v) is 8.87. The van der Waals surface area contributed by atoms with Gasteiger partial charge in [0.15, 0.2) is 6.61 Å². The number of hydrogen-bond acceptors (Lipinski definition) is 5. The van der Waals surface area contributed by atoms with Crippen LogP contribution in [0.15, 0.2) is 36.5 Å². The number of hydrogen-bond donors (Lipinski definition) is 1. The number of pyridine rings is 1. The summed E-state index contributed by atoms with van der Waals surface area (Å²) in [5.41, 5.74) is 0. The van der Waals surface area contributed by atoms with Crippen molar-refractivity contribution in [1.29, 1.82) is 0 Å². The maximum absolute atomic E-state index is 13.5. The zero-order valence-corrected chi connectivity index (χ0v) is 19.7. The van der Waals surface area contributed by atoms with Gasteiger partial charge in [0.2, 0.25) is 0 Å². The molecule has 36 heavy (non-hydrogen) atoms. The minimum Gasteiger partial charge on any atom is -0.484 e. The molecule has 2 heterocycles. The first-order chi connectivity index (χ1) is 17.1.